The first kappa shape index (κ1) is 23.2. The Morgan fingerprint density at radius 3 is 2.39 bits per heavy atom. The Labute approximate surface area is 192 Å². The lowest BCUT2D eigenvalue weighted by Crippen LogP contribution is -2.23. The number of aromatic nitrogens is 2. The fraction of sp³-hybridized carbons (Fsp3) is 0.348. The van der Waals surface area contributed by atoms with Gasteiger partial charge in [-0.25, -0.2) is 4.68 Å². The molecule has 1 unspecified atom stereocenters. The van der Waals surface area contributed by atoms with Gasteiger partial charge in [-0.1, -0.05) is 24.3 Å². The molecule has 0 aliphatic carbocycles. The summed E-state index contributed by atoms with van der Waals surface area (Å²) in [6.45, 7) is 5.80. The van der Waals surface area contributed by atoms with Crippen LogP contribution in [0, 0.1) is 6.92 Å². The van der Waals surface area contributed by atoms with Gasteiger partial charge in [0.15, 0.2) is 17.3 Å². The molecule has 0 saturated heterocycles. The van der Waals surface area contributed by atoms with Gasteiger partial charge in [0, 0.05) is 7.05 Å². The van der Waals surface area contributed by atoms with E-state index in [0.29, 0.717) is 28.4 Å². The highest BCUT2D eigenvalue weighted by atomic mass is 31.2. The minimum atomic E-state index is -3.72. The standard InChI is InChI=1S/C23H28N3O6P/c1-5-31-33(28,32-6-2)22(17-12-13-19-20(14-17)30-15-29-19)24-21-16(3)25(4)26(23(21)27)18-10-8-7-9-11-18/h7-14,22,24H,5-6,15H2,1-4H3. The van der Waals surface area contributed by atoms with Gasteiger partial charge >= 0.3 is 7.60 Å². The number of hydrogen-bond acceptors (Lipinski definition) is 7. The van der Waals surface area contributed by atoms with E-state index in [-0.39, 0.29) is 25.6 Å². The number of rotatable bonds is 9. The van der Waals surface area contributed by atoms with Crippen molar-refractivity contribution in [3.63, 3.8) is 0 Å². The fourth-order valence-corrected chi connectivity index (χ4v) is 5.75. The molecule has 0 radical (unpaired) electrons. The van der Waals surface area contributed by atoms with Crippen molar-refractivity contribution in [2.24, 2.45) is 7.05 Å². The summed E-state index contributed by atoms with van der Waals surface area (Å²) in [4.78, 5) is 13.5. The highest BCUT2D eigenvalue weighted by Crippen LogP contribution is 2.61. The van der Waals surface area contributed by atoms with Crippen molar-refractivity contribution >= 4 is 13.3 Å². The van der Waals surface area contributed by atoms with Crippen LogP contribution in [0.15, 0.2) is 53.3 Å². The van der Waals surface area contributed by atoms with Crippen molar-refractivity contribution in [1.82, 2.24) is 9.36 Å². The zero-order chi connectivity index (χ0) is 23.6. The molecular weight excluding hydrogens is 445 g/mol. The molecule has 1 aliphatic heterocycles. The van der Waals surface area contributed by atoms with E-state index in [1.54, 1.807) is 48.5 Å². The van der Waals surface area contributed by atoms with Crippen LogP contribution in [0.1, 0.15) is 30.9 Å². The number of nitrogens with one attached hydrogen (secondary N) is 1. The lowest BCUT2D eigenvalue weighted by Gasteiger charge is -2.28. The predicted molar refractivity (Wildman–Crippen MR) is 126 cm³/mol. The second-order valence-electron chi connectivity index (χ2n) is 7.47. The van der Waals surface area contributed by atoms with Gasteiger partial charge in [-0.15, -0.1) is 0 Å². The fourth-order valence-electron chi connectivity index (χ4n) is 3.85. The van der Waals surface area contributed by atoms with Crippen LogP contribution in [-0.4, -0.2) is 29.4 Å². The Morgan fingerprint density at radius 1 is 1.06 bits per heavy atom. The molecule has 2 aromatic carbocycles. The van der Waals surface area contributed by atoms with Crippen LogP contribution < -0.4 is 20.3 Å². The van der Waals surface area contributed by atoms with Crippen molar-refractivity contribution in [3.8, 4) is 17.2 Å². The Bertz CT molecular complexity index is 1230. The summed E-state index contributed by atoms with van der Waals surface area (Å²) in [7, 11) is -1.92. The van der Waals surface area contributed by atoms with E-state index in [4.69, 9.17) is 18.5 Å². The molecule has 10 heteroatoms. The molecule has 0 fully saturated rings. The maximum absolute atomic E-state index is 13.9. The first-order chi connectivity index (χ1) is 15.9. The van der Waals surface area contributed by atoms with Gasteiger partial charge in [0.05, 0.1) is 24.6 Å². The maximum Gasteiger partial charge on any atom is 0.357 e. The SMILES string of the molecule is CCOP(=O)(OCC)C(Nc1c(C)n(C)n(-c2ccccc2)c1=O)c1ccc2c(c1)OCO2. The van der Waals surface area contributed by atoms with E-state index < -0.39 is 13.4 Å². The van der Waals surface area contributed by atoms with E-state index in [1.165, 1.54) is 0 Å². The van der Waals surface area contributed by atoms with Crippen molar-refractivity contribution in [2.45, 2.75) is 26.6 Å². The number of nitrogens with zero attached hydrogens (tertiary/aromatic N) is 2. The third kappa shape index (κ3) is 4.31. The molecule has 0 bridgehead atoms. The summed E-state index contributed by atoms with van der Waals surface area (Å²) in [5, 5.41) is 3.20. The van der Waals surface area contributed by atoms with E-state index >= 15 is 0 Å². The summed E-state index contributed by atoms with van der Waals surface area (Å²) >= 11 is 0. The van der Waals surface area contributed by atoms with E-state index in [2.05, 4.69) is 5.32 Å². The first-order valence-corrected chi connectivity index (χ1v) is 12.4. The van der Waals surface area contributed by atoms with Gasteiger partial charge in [0.2, 0.25) is 6.79 Å². The summed E-state index contributed by atoms with van der Waals surface area (Å²) in [6.07, 6.45) is 0. The molecule has 1 aliphatic rings. The zero-order valence-corrected chi connectivity index (χ0v) is 20.0. The topological polar surface area (TPSA) is 93.0 Å². The Balaban J connectivity index is 1.83. The van der Waals surface area contributed by atoms with Crippen LogP contribution in [-0.2, 0) is 20.7 Å². The number of anilines is 1. The van der Waals surface area contributed by atoms with Crippen molar-refractivity contribution in [3.05, 3.63) is 70.1 Å². The molecule has 2 heterocycles. The van der Waals surface area contributed by atoms with Gasteiger partial charge in [0.1, 0.15) is 5.69 Å². The molecule has 1 aromatic heterocycles. The average Bonchev–Trinajstić information content (AvgIpc) is 3.35. The Morgan fingerprint density at radius 2 is 1.73 bits per heavy atom. The number of benzene rings is 2. The normalized spacial score (nSPS) is 13.8. The third-order valence-corrected chi connectivity index (χ3v) is 7.78. The molecule has 4 rings (SSSR count). The second-order valence-corrected chi connectivity index (χ2v) is 9.58. The van der Waals surface area contributed by atoms with Gasteiger partial charge in [-0.3, -0.25) is 14.0 Å². The molecule has 0 amide bonds. The van der Waals surface area contributed by atoms with Crippen LogP contribution in [0.3, 0.4) is 0 Å². The summed E-state index contributed by atoms with van der Waals surface area (Å²) in [6, 6.07) is 14.6. The van der Waals surface area contributed by atoms with Crippen molar-refractivity contribution in [1.29, 1.82) is 0 Å². The smallest absolute Gasteiger partial charge is 0.357 e. The van der Waals surface area contributed by atoms with Gasteiger partial charge in [-0.05, 0) is 50.6 Å². The molecule has 0 saturated carbocycles. The number of hydrogen-bond donors (Lipinski definition) is 1. The van der Waals surface area contributed by atoms with Crippen LogP contribution in [0.2, 0.25) is 0 Å². The average molecular weight is 473 g/mol. The second kappa shape index (κ2) is 9.47. The molecule has 0 spiro atoms. The molecule has 176 valence electrons. The van der Waals surface area contributed by atoms with Gasteiger partial charge in [-0.2, -0.15) is 0 Å². The molecule has 1 N–H and O–H groups in total. The summed E-state index contributed by atoms with van der Waals surface area (Å²) < 4.78 is 39.5. The predicted octanol–water partition coefficient (Wildman–Crippen LogP) is 4.59. The lowest BCUT2D eigenvalue weighted by atomic mass is 10.2. The van der Waals surface area contributed by atoms with Gasteiger partial charge < -0.3 is 23.8 Å². The summed E-state index contributed by atoms with van der Waals surface area (Å²) in [5.41, 5.74) is 2.03. The lowest BCUT2D eigenvalue weighted by molar-refractivity contribution is 0.174. The van der Waals surface area contributed by atoms with Crippen LogP contribution in [0.5, 0.6) is 11.5 Å². The third-order valence-electron chi connectivity index (χ3n) is 5.48. The highest BCUT2D eigenvalue weighted by molar-refractivity contribution is 7.54. The molecular formula is C23H28N3O6P. The highest BCUT2D eigenvalue weighted by Gasteiger charge is 2.39. The Kier molecular flexibility index (Phi) is 6.65. The van der Waals surface area contributed by atoms with Crippen LogP contribution in [0.4, 0.5) is 5.69 Å². The molecule has 3 aromatic rings. The Hall–Kier alpha value is -3.00. The number of ether oxygens (including phenoxy) is 2. The monoisotopic (exact) mass is 473 g/mol. The first-order valence-electron chi connectivity index (χ1n) is 10.8. The quantitative estimate of drug-likeness (QED) is 0.455. The number of para-hydroxylation sites is 1. The number of fused-ring (bicyclic) bond motifs is 1. The van der Waals surface area contributed by atoms with Gasteiger partial charge in [0.25, 0.3) is 5.56 Å². The zero-order valence-electron chi connectivity index (χ0n) is 19.1. The van der Waals surface area contributed by atoms with E-state index in [9.17, 15) is 9.36 Å². The molecule has 33 heavy (non-hydrogen) atoms. The minimum Gasteiger partial charge on any atom is -0.454 e. The van der Waals surface area contributed by atoms with Crippen LogP contribution in [0.25, 0.3) is 5.69 Å². The molecule has 1 atom stereocenters. The van der Waals surface area contributed by atoms with Crippen molar-refractivity contribution < 1.29 is 23.1 Å². The van der Waals surface area contributed by atoms with Crippen LogP contribution >= 0.6 is 7.60 Å². The van der Waals surface area contributed by atoms with E-state index in [0.717, 1.165) is 5.69 Å². The van der Waals surface area contributed by atoms with E-state index in [1.807, 2.05) is 37.3 Å². The molecule has 9 nitrogen and oxygen atoms in total. The largest absolute Gasteiger partial charge is 0.454 e. The summed E-state index contributed by atoms with van der Waals surface area (Å²) in [5.74, 6) is 0.192. The maximum atomic E-state index is 13.9. The van der Waals surface area contributed by atoms with Crippen molar-refractivity contribution in [2.75, 3.05) is 25.3 Å². The minimum absolute atomic E-state index is 0.116.